The van der Waals surface area contributed by atoms with Crippen molar-refractivity contribution in [1.82, 2.24) is 4.98 Å². The fourth-order valence-corrected chi connectivity index (χ4v) is 2.20. The van der Waals surface area contributed by atoms with Crippen molar-refractivity contribution in [2.45, 2.75) is 6.92 Å². The molecule has 2 rings (SSSR count). The molecule has 1 heterocycles. The van der Waals surface area contributed by atoms with E-state index in [4.69, 9.17) is 23.2 Å². The molecule has 0 spiro atoms. The molecule has 3 nitrogen and oxygen atoms in total. The van der Waals surface area contributed by atoms with Crippen LogP contribution in [0.15, 0.2) is 30.3 Å². The van der Waals surface area contributed by atoms with Crippen molar-refractivity contribution in [3.05, 3.63) is 55.3 Å². The largest absolute Gasteiger partial charge is 0.320 e. The van der Waals surface area contributed by atoms with E-state index in [-0.39, 0.29) is 5.91 Å². The third-order valence-corrected chi connectivity index (χ3v) is 4.26. The summed E-state index contributed by atoms with van der Waals surface area (Å²) in [6.07, 6.45) is 0. The highest BCUT2D eigenvalue weighted by molar-refractivity contribution is 14.1. The summed E-state index contributed by atoms with van der Waals surface area (Å²) in [6.45, 7) is 1.78. The van der Waals surface area contributed by atoms with Crippen LogP contribution >= 0.6 is 45.8 Å². The van der Waals surface area contributed by atoms with Gasteiger partial charge in [0.1, 0.15) is 5.15 Å². The molecule has 0 aliphatic carbocycles. The molecule has 98 valence electrons. The van der Waals surface area contributed by atoms with Crippen LogP contribution in [-0.2, 0) is 0 Å². The van der Waals surface area contributed by atoms with Gasteiger partial charge in [0, 0.05) is 9.13 Å². The van der Waals surface area contributed by atoms with E-state index in [0.29, 0.717) is 27.1 Å². The van der Waals surface area contributed by atoms with Crippen LogP contribution in [0.1, 0.15) is 16.1 Å². The van der Waals surface area contributed by atoms with Gasteiger partial charge < -0.3 is 5.32 Å². The topological polar surface area (TPSA) is 42.0 Å². The van der Waals surface area contributed by atoms with E-state index >= 15 is 0 Å². The second-order valence-electron chi connectivity index (χ2n) is 3.85. The molecular formula is C13H9Cl2IN2O. The Hall–Kier alpha value is -0.850. The lowest BCUT2D eigenvalue weighted by atomic mass is 10.2. The lowest BCUT2D eigenvalue weighted by molar-refractivity contribution is 0.102. The van der Waals surface area contributed by atoms with E-state index in [1.54, 1.807) is 37.3 Å². The molecule has 0 radical (unpaired) electrons. The zero-order valence-corrected chi connectivity index (χ0v) is 13.5. The molecular weight excluding hydrogens is 398 g/mol. The minimum atomic E-state index is -0.231. The first kappa shape index (κ1) is 14.6. The maximum atomic E-state index is 12.1. The number of hydrogen-bond donors (Lipinski definition) is 1. The molecule has 0 atom stereocenters. The third-order valence-electron chi connectivity index (χ3n) is 2.48. The average Bonchev–Trinajstić information content (AvgIpc) is 2.36. The number of pyridine rings is 1. The molecule has 0 unspecified atom stereocenters. The zero-order valence-electron chi connectivity index (χ0n) is 9.88. The highest BCUT2D eigenvalue weighted by Crippen LogP contribution is 2.21. The Morgan fingerprint density at radius 3 is 2.63 bits per heavy atom. The summed E-state index contributed by atoms with van der Waals surface area (Å²) in [5, 5.41) is 3.73. The molecule has 19 heavy (non-hydrogen) atoms. The van der Waals surface area contributed by atoms with Crippen molar-refractivity contribution in [1.29, 1.82) is 0 Å². The van der Waals surface area contributed by atoms with Crippen LogP contribution in [-0.4, -0.2) is 10.9 Å². The van der Waals surface area contributed by atoms with Gasteiger partial charge in [0.2, 0.25) is 0 Å². The number of amides is 1. The molecule has 2 aromatic rings. The van der Waals surface area contributed by atoms with Gasteiger partial charge in [-0.2, -0.15) is 0 Å². The summed E-state index contributed by atoms with van der Waals surface area (Å²) in [7, 11) is 0. The normalized spacial score (nSPS) is 10.3. The van der Waals surface area contributed by atoms with Gasteiger partial charge in [-0.3, -0.25) is 4.79 Å². The van der Waals surface area contributed by atoms with Crippen molar-refractivity contribution >= 4 is 57.4 Å². The maximum absolute atomic E-state index is 12.1. The Morgan fingerprint density at radius 2 is 2.00 bits per heavy atom. The predicted octanol–water partition coefficient (Wildman–Crippen LogP) is 4.55. The van der Waals surface area contributed by atoms with E-state index in [2.05, 4.69) is 32.9 Å². The average molecular weight is 407 g/mol. The smallest absolute Gasteiger partial charge is 0.255 e. The van der Waals surface area contributed by atoms with Gasteiger partial charge >= 0.3 is 0 Å². The van der Waals surface area contributed by atoms with Crippen molar-refractivity contribution in [3.63, 3.8) is 0 Å². The number of nitrogens with one attached hydrogen (secondary N) is 1. The van der Waals surface area contributed by atoms with Gasteiger partial charge in [0.05, 0.1) is 16.4 Å². The van der Waals surface area contributed by atoms with Crippen LogP contribution in [0, 0.1) is 10.5 Å². The summed E-state index contributed by atoms with van der Waals surface area (Å²) in [4.78, 5) is 16.2. The number of halogens is 3. The van der Waals surface area contributed by atoms with Gasteiger partial charge in [-0.25, -0.2) is 4.98 Å². The Morgan fingerprint density at radius 1 is 1.26 bits per heavy atom. The number of aromatic nitrogens is 1. The van der Waals surface area contributed by atoms with Crippen molar-refractivity contribution in [2.24, 2.45) is 0 Å². The maximum Gasteiger partial charge on any atom is 0.255 e. The summed E-state index contributed by atoms with van der Waals surface area (Å²) in [5.41, 5.74) is 1.79. The molecule has 1 N–H and O–H groups in total. The number of benzene rings is 1. The molecule has 1 aromatic carbocycles. The Bertz CT molecular complexity index is 647. The second kappa shape index (κ2) is 6.07. The molecule has 0 aliphatic rings. The molecule has 1 aromatic heterocycles. The summed E-state index contributed by atoms with van der Waals surface area (Å²) in [5.74, 6) is -0.231. The molecule has 0 saturated heterocycles. The minimum absolute atomic E-state index is 0.231. The fourth-order valence-electron chi connectivity index (χ4n) is 1.49. The fraction of sp³-hybridized carbons (Fsp3) is 0.0769. The number of carbonyl (C=O) groups is 1. The van der Waals surface area contributed by atoms with Gasteiger partial charge in [0.25, 0.3) is 5.91 Å². The Balaban J connectivity index is 2.23. The first-order valence-electron chi connectivity index (χ1n) is 5.37. The number of rotatable bonds is 2. The van der Waals surface area contributed by atoms with E-state index in [0.717, 1.165) is 3.57 Å². The summed E-state index contributed by atoms with van der Waals surface area (Å²) < 4.78 is 0.903. The summed E-state index contributed by atoms with van der Waals surface area (Å²) >= 11 is 13.9. The second-order valence-corrected chi connectivity index (χ2v) is 5.81. The van der Waals surface area contributed by atoms with Crippen LogP contribution in [0.25, 0.3) is 0 Å². The van der Waals surface area contributed by atoms with E-state index in [1.165, 1.54) is 0 Å². The van der Waals surface area contributed by atoms with Gasteiger partial charge in [-0.1, -0.05) is 23.2 Å². The van der Waals surface area contributed by atoms with E-state index in [1.807, 2.05) is 0 Å². The molecule has 0 saturated carbocycles. The van der Waals surface area contributed by atoms with Gasteiger partial charge in [-0.15, -0.1) is 0 Å². The standard InChI is InChI=1S/C13H9Cl2IN2O/c1-7-11(4-5-12(15)17-7)18-13(19)8-2-3-10(16)9(14)6-8/h2-6H,1H3,(H,18,19). The lowest BCUT2D eigenvalue weighted by Crippen LogP contribution is -2.13. The molecule has 0 bridgehead atoms. The van der Waals surface area contributed by atoms with Crippen LogP contribution in [0.4, 0.5) is 5.69 Å². The van der Waals surface area contributed by atoms with Crippen LogP contribution in [0.2, 0.25) is 10.2 Å². The minimum Gasteiger partial charge on any atom is -0.320 e. The number of anilines is 1. The van der Waals surface area contributed by atoms with Crippen LogP contribution in [0.5, 0.6) is 0 Å². The Kier molecular flexibility index (Phi) is 4.65. The third kappa shape index (κ3) is 3.58. The van der Waals surface area contributed by atoms with Crippen molar-refractivity contribution in [2.75, 3.05) is 5.32 Å². The van der Waals surface area contributed by atoms with Gasteiger partial charge in [0.15, 0.2) is 0 Å². The Labute approximate surface area is 134 Å². The number of hydrogen-bond acceptors (Lipinski definition) is 2. The first-order chi connectivity index (χ1) is 8.97. The summed E-state index contributed by atoms with van der Waals surface area (Å²) in [6, 6.07) is 8.51. The van der Waals surface area contributed by atoms with Crippen LogP contribution < -0.4 is 5.32 Å². The molecule has 0 aliphatic heterocycles. The quantitative estimate of drug-likeness (QED) is 0.587. The predicted molar refractivity (Wildman–Crippen MR) is 86.1 cm³/mol. The lowest BCUT2D eigenvalue weighted by Gasteiger charge is -2.08. The molecule has 6 heteroatoms. The number of carbonyl (C=O) groups excluding carboxylic acids is 1. The first-order valence-corrected chi connectivity index (χ1v) is 7.20. The number of nitrogens with zero attached hydrogens (tertiary/aromatic N) is 1. The molecule has 1 amide bonds. The van der Waals surface area contributed by atoms with E-state index < -0.39 is 0 Å². The zero-order chi connectivity index (χ0) is 14.0. The molecule has 0 fully saturated rings. The highest BCUT2D eigenvalue weighted by atomic mass is 127. The SMILES string of the molecule is Cc1nc(Cl)ccc1NC(=O)c1ccc(I)c(Cl)c1. The van der Waals surface area contributed by atoms with Crippen molar-refractivity contribution < 1.29 is 4.79 Å². The van der Waals surface area contributed by atoms with E-state index in [9.17, 15) is 4.79 Å². The van der Waals surface area contributed by atoms with Crippen LogP contribution in [0.3, 0.4) is 0 Å². The van der Waals surface area contributed by atoms with Gasteiger partial charge in [-0.05, 0) is 59.8 Å². The van der Waals surface area contributed by atoms with Crippen molar-refractivity contribution in [3.8, 4) is 0 Å². The number of aryl methyl sites for hydroxylation is 1. The monoisotopic (exact) mass is 406 g/mol. The highest BCUT2D eigenvalue weighted by Gasteiger charge is 2.10.